The minimum atomic E-state index is -0.493. The number of hydrogen-bond acceptors (Lipinski definition) is 8. The van der Waals surface area contributed by atoms with E-state index in [1.807, 2.05) is 50.2 Å². The number of hydrogen-bond donors (Lipinski definition) is 1. The van der Waals surface area contributed by atoms with Crippen LogP contribution in [-0.4, -0.2) is 113 Å². The lowest BCUT2D eigenvalue weighted by Gasteiger charge is -2.40. The van der Waals surface area contributed by atoms with Crippen molar-refractivity contribution in [3.05, 3.63) is 125 Å². The second-order valence-corrected chi connectivity index (χ2v) is 20.9. The first-order valence-electron chi connectivity index (χ1n) is 22.1. The third-order valence-electron chi connectivity index (χ3n) is 12.9. The van der Waals surface area contributed by atoms with Crippen LogP contribution in [0.4, 0.5) is 4.79 Å². The molecule has 0 saturated carbocycles. The van der Waals surface area contributed by atoms with Crippen LogP contribution in [0.2, 0.25) is 10.0 Å². The molecule has 0 bridgehead atoms. The Hall–Kier alpha value is -3.10. The average molecular weight is 1010 g/mol. The number of amides is 2. The number of carbonyl (C=O) groups excluding carboxylic acids is 2. The van der Waals surface area contributed by atoms with E-state index in [-0.39, 0.29) is 24.1 Å². The van der Waals surface area contributed by atoms with E-state index in [1.54, 1.807) is 4.90 Å². The first kappa shape index (κ1) is 45.5. The van der Waals surface area contributed by atoms with Gasteiger partial charge in [0.25, 0.3) is 0 Å². The number of piperidine rings is 1. The van der Waals surface area contributed by atoms with Gasteiger partial charge in [0.1, 0.15) is 5.60 Å². The number of halogens is 4. The molecule has 2 amide bonds. The highest BCUT2D eigenvalue weighted by atomic mass is 79.9. The number of benzene rings is 2. The summed E-state index contributed by atoms with van der Waals surface area (Å²) >= 11 is 19.8. The highest BCUT2D eigenvalue weighted by molar-refractivity contribution is 9.10. The van der Waals surface area contributed by atoms with E-state index in [9.17, 15) is 9.59 Å². The fourth-order valence-electron chi connectivity index (χ4n) is 9.76. The fourth-order valence-corrected chi connectivity index (χ4v) is 10.9. The molecule has 5 aliphatic rings. The molecule has 9 rings (SSSR count). The minimum absolute atomic E-state index is 0.0531. The van der Waals surface area contributed by atoms with E-state index in [1.165, 1.54) is 39.1 Å². The Labute approximate surface area is 393 Å². The van der Waals surface area contributed by atoms with Gasteiger partial charge in [-0.1, -0.05) is 35.3 Å². The van der Waals surface area contributed by atoms with Gasteiger partial charge in [-0.15, -0.1) is 0 Å². The molecule has 10 nitrogen and oxygen atoms in total. The predicted molar refractivity (Wildman–Crippen MR) is 253 cm³/mol. The lowest BCUT2D eigenvalue weighted by Crippen LogP contribution is -2.50. The predicted octanol–water partition coefficient (Wildman–Crippen LogP) is 9.46. The monoisotopic (exact) mass is 1010 g/mol. The molecule has 2 aromatic heterocycles. The number of fused-ring (bicyclic) bond motifs is 4. The quantitative estimate of drug-likeness (QED) is 0.216. The van der Waals surface area contributed by atoms with Crippen molar-refractivity contribution in [1.82, 2.24) is 34.9 Å². The van der Waals surface area contributed by atoms with Crippen LogP contribution in [-0.2, 0) is 35.2 Å². The molecule has 3 saturated heterocycles. The van der Waals surface area contributed by atoms with E-state index < -0.39 is 5.60 Å². The number of aryl methyl sites for hydroxylation is 4. The Balaban J connectivity index is 0.000000194. The lowest BCUT2D eigenvalue weighted by atomic mass is 9.93. The summed E-state index contributed by atoms with van der Waals surface area (Å²) in [5, 5.41) is 5.03. The van der Waals surface area contributed by atoms with Crippen molar-refractivity contribution >= 4 is 67.1 Å². The van der Waals surface area contributed by atoms with Crippen LogP contribution in [0.25, 0.3) is 0 Å². The number of nitrogens with one attached hydrogen (secondary N) is 1. The Morgan fingerprint density at radius 3 is 1.66 bits per heavy atom. The maximum absolute atomic E-state index is 13.2. The smallest absolute Gasteiger partial charge is 0.410 e. The number of likely N-dealkylation sites (tertiary alicyclic amines) is 1. The summed E-state index contributed by atoms with van der Waals surface area (Å²) < 4.78 is 7.56. The van der Waals surface area contributed by atoms with Crippen LogP contribution in [0, 0.1) is 5.92 Å². The van der Waals surface area contributed by atoms with Gasteiger partial charge in [0.05, 0.1) is 23.5 Å². The molecule has 2 atom stereocenters. The number of piperazine rings is 2. The summed E-state index contributed by atoms with van der Waals surface area (Å²) in [6, 6.07) is 17.3. The molecule has 0 radical (unpaired) electrons. The Morgan fingerprint density at radius 2 is 1.16 bits per heavy atom. The third-order valence-corrected chi connectivity index (χ3v) is 14.2. The summed E-state index contributed by atoms with van der Waals surface area (Å²) in [4.78, 5) is 44.1. The zero-order valence-corrected chi connectivity index (χ0v) is 40.6. The van der Waals surface area contributed by atoms with Gasteiger partial charge in [-0.3, -0.25) is 24.6 Å². The molecule has 3 fully saturated rings. The topological polar surface area (TPSA) is 94.1 Å². The molecule has 14 heteroatoms. The summed E-state index contributed by atoms with van der Waals surface area (Å²) in [5.41, 5.74) is 9.69. The SMILES string of the molecule is CC(C)(C)OC(=O)N1CCC(CC(=O)N2CCN(C3c4ccc(Cl)cc4CCc4cc(Br)cnc43)CC2)CC1.Clc1ccc2c(c1)CCc1cc(Br)cnc1C2N1CCNCC1. The zero-order chi connectivity index (χ0) is 43.5. The highest BCUT2D eigenvalue weighted by Gasteiger charge is 2.35. The van der Waals surface area contributed by atoms with Gasteiger partial charge in [-0.25, -0.2) is 4.79 Å². The molecule has 0 spiro atoms. The maximum Gasteiger partial charge on any atom is 0.410 e. The Morgan fingerprint density at radius 1 is 0.677 bits per heavy atom. The molecular weight excluding hydrogens is 953 g/mol. The van der Waals surface area contributed by atoms with Crippen LogP contribution in [0.15, 0.2) is 69.9 Å². The van der Waals surface area contributed by atoms with Gasteiger partial charge < -0.3 is 19.9 Å². The van der Waals surface area contributed by atoms with E-state index >= 15 is 0 Å². The molecule has 2 aromatic carbocycles. The summed E-state index contributed by atoms with van der Waals surface area (Å²) in [7, 11) is 0. The molecular formula is C48H57Br2Cl2N7O3. The normalized spacial score (nSPS) is 21.0. The average Bonchev–Trinajstić information content (AvgIpc) is 3.51. The molecule has 1 N–H and O–H groups in total. The number of ether oxygens (including phenoxy) is 1. The molecule has 4 aromatic rings. The molecule has 2 aliphatic carbocycles. The van der Waals surface area contributed by atoms with Gasteiger partial charge in [-0.2, -0.15) is 0 Å². The van der Waals surface area contributed by atoms with Crippen LogP contribution >= 0.6 is 55.1 Å². The molecule has 3 aliphatic heterocycles. The number of aromatic nitrogens is 2. The lowest BCUT2D eigenvalue weighted by molar-refractivity contribution is -0.134. The molecule has 5 heterocycles. The molecule has 330 valence electrons. The van der Waals surface area contributed by atoms with Gasteiger partial charge in [0.15, 0.2) is 0 Å². The van der Waals surface area contributed by atoms with Crippen LogP contribution in [0.1, 0.15) is 96.9 Å². The van der Waals surface area contributed by atoms with Crippen LogP contribution < -0.4 is 5.32 Å². The van der Waals surface area contributed by atoms with Gasteiger partial charge in [0.2, 0.25) is 5.91 Å². The van der Waals surface area contributed by atoms with E-state index in [4.69, 9.17) is 37.9 Å². The zero-order valence-electron chi connectivity index (χ0n) is 35.9. The second-order valence-electron chi connectivity index (χ2n) is 18.2. The Bertz CT molecular complexity index is 2150. The van der Waals surface area contributed by atoms with Crippen molar-refractivity contribution < 1.29 is 14.3 Å². The first-order chi connectivity index (χ1) is 29.8. The summed E-state index contributed by atoms with van der Waals surface area (Å²) in [5.74, 6) is 0.531. The molecule has 62 heavy (non-hydrogen) atoms. The third kappa shape index (κ3) is 10.9. The van der Waals surface area contributed by atoms with E-state index in [0.717, 1.165) is 102 Å². The standard InChI is InChI=1S/C30H38BrClN4O3.C18H19BrClN3/c1-30(2,3)39-29(38)36-10-8-20(9-11-36)16-26(37)34-12-14-35(15-13-34)28-25-7-6-24(32)18-21(25)4-5-22-17-23(31)19-33-27(22)28;19-14-9-13-2-1-12-10-15(20)3-4-16(12)18(17(13)22-11-14)23-7-5-21-6-8-23/h6-7,17-20,28H,4-5,8-16H2,1-3H3;3-4,9-11,18,21H,1-2,5-8H2. The van der Waals surface area contributed by atoms with Crippen molar-refractivity contribution in [2.75, 3.05) is 65.4 Å². The largest absolute Gasteiger partial charge is 0.444 e. The highest BCUT2D eigenvalue weighted by Crippen LogP contribution is 2.40. The maximum atomic E-state index is 13.2. The van der Waals surface area contributed by atoms with Crippen molar-refractivity contribution in [2.24, 2.45) is 5.92 Å². The number of pyridine rings is 2. The van der Waals surface area contributed by atoms with Gasteiger partial charge in [0, 0.05) is 103 Å². The number of rotatable bonds is 4. The van der Waals surface area contributed by atoms with Gasteiger partial charge >= 0.3 is 6.09 Å². The van der Waals surface area contributed by atoms with E-state index in [0.29, 0.717) is 38.5 Å². The first-order valence-corrected chi connectivity index (χ1v) is 24.4. The van der Waals surface area contributed by atoms with Crippen molar-refractivity contribution in [2.45, 2.75) is 83.4 Å². The number of nitrogens with zero attached hydrogens (tertiary/aromatic N) is 6. The number of carbonyl (C=O) groups is 2. The van der Waals surface area contributed by atoms with Crippen molar-refractivity contribution in [3.63, 3.8) is 0 Å². The Kier molecular flexibility index (Phi) is 14.6. The molecule has 2 unspecified atom stereocenters. The van der Waals surface area contributed by atoms with Crippen LogP contribution in [0.5, 0.6) is 0 Å². The van der Waals surface area contributed by atoms with Gasteiger partial charge in [-0.05, 0) is 167 Å². The van der Waals surface area contributed by atoms with Crippen molar-refractivity contribution in [1.29, 1.82) is 0 Å². The minimum Gasteiger partial charge on any atom is -0.444 e. The second kappa shape index (κ2) is 20.0. The summed E-state index contributed by atoms with van der Waals surface area (Å²) in [6.07, 6.45) is 9.67. The van der Waals surface area contributed by atoms with Crippen molar-refractivity contribution in [3.8, 4) is 0 Å². The summed E-state index contributed by atoms with van der Waals surface area (Å²) in [6.45, 7) is 14.1. The van der Waals surface area contributed by atoms with Crippen LogP contribution in [0.3, 0.4) is 0 Å². The van der Waals surface area contributed by atoms with E-state index in [2.05, 4.69) is 83.4 Å². The fraction of sp³-hybridized carbons (Fsp3) is 0.500.